The molecule has 0 aromatic rings. The lowest BCUT2D eigenvalue weighted by Crippen LogP contribution is -2.30. The van der Waals surface area contributed by atoms with Crippen molar-refractivity contribution >= 4 is 17.9 Å². The van der Waals surface area contributed by atoms with Gasteiger partial charge in [0, 0.05) is 19.3 Å². The highest BCUT2D eigenvalue weighted by Crippen LogP contribution is 2.19. The van der Waals surface area contributed by atoms with Gasteiger partial charge in [0.15, 0.2) is 6.10 Å². The molecule has 6 nitrogen and oxygen atoms in total. The quantitative estimate of drug-likeness (QED) is 0.0261. The molecule has 1 atom stereocenters. The monoisotopic (exact) mass is 1150 g/mol. The Morgan fingerprint density at radius 3 is 0.780 bits per heavy atom. The molecule has 0 aliphatic heterocycles. The second-order valence-electron chi connectivity index (χ2n) is 24.5. The Labute approximate surface area is 510 Å². The van der Waals surface area contributed by atoms with Crippen molar-refractivity contribution < 1.29 is 28.6 Å². The van der Waals surface area contributed by atoms with Crippen LogP contribution in [-0.4, -0.2) is 37.2 Å². The summed E-state index contributed by atoms with van der Waals surface area (Å²) >= 11 is 0. The largest absolute Gasteiger partial charge is 0.462 e. The first-order valence-electron chi connectivity index (χ1n) is 36.3. The van der Waals surface area contributed by atoms with Gasteiger partial charge in [-0.15, -0.1) is 0 Å². The molecule has 0 saturated heterocycles. The van der Waals surface area contributed by atoms with Crippen LogP contribution in [0.2, 0.25) is 0 Å². The Morgan fingerprint density at radius 1 is 0.256 bits per heavy atom. The molecule has 0 aromatic carbocycles. The lowest BCUT2D eigenvalue weighted by atomic mass is 10.0. The highest BCUT2D eigenvalue weighted by atomic mass is 16.6. The van der Waals surface area contributed by atoms with E-state index in [0.717, 1.165) is 96.3 Å². The number of carbonyl (C=O) groups excluding carboxylic acids is 3. The minimum atomic E-state index is -0.791. The van der Waals surface area contributed by atoms with E-state index in [1.807, 2.05) is 0 Å². The second-order valence-corrected chi connectivity index (χ2v) is 24.5. The van der Waals surface area contributed by atoms with Crippen molar-refractivity contribution in [2.24, 2.45) is 0 Å². The smallest absolute Gasteiger partial charge is 0.306 e. The zero-order chi connectivity index (χ0) is 59.2. The summed E-state index contributed by atoms with van der Waals surface area (Å²) in [5.41, 5.74) is 0. The maximum Gasteiger partial charge on any atom is 0.306 e. The van der Waals surface area contributed by atoms with Crippen LogP contribution < -0.4 is 0 Å². The summed E-state index contributed by atoms with van der Waals surface area (Å²) in [6.45, 7) is 6.53. The minimum absolute atomic E-state index is 0.0839. The van der Waals surface area contributed by atoms with Crippen LogP contribution in [0.4, 0.5) is 0 Å². The van der Waals surface area contributed by atoms with Crippen LogP contribution in [0.1, 0.15) is 387 Å². The van der Waals surface area contributed by atoms with E-state index in [0.29, 0.717) is 19.3 Å². The Hall–Kier alpha value is -2.89. The van der Waals surface area contributed by atoms with Crippen molar-refractivity contribution in [2.45, 2.75) is 393 Å². The number of carbonyl (C=O) groups is 3. The van der Waals surface area contributed by atoms with Crippen molar-refractivity contribution in [2.75, 3.05) is 13.2 Å². The van der Waals surface area contributed by atoms with E-state index < -0.39 is 6.10 Å². The van der Waals surface area contributed by atoms with Gasteiger partial charge >= 0.3 is 17.9 Å². The fourth-order valence-corrected chi connectivity index (χ4v) is 10.8. The predicted molar refractivity (Wildman–Crippen MR) is 358 cm³/mol. The molecule has 0 N–H and O–H groups in total. The molecule has 0 aliphatic rings. The molecule has 0 fully saturated rings. The van der Waals surface area contributed by atoms with Crippen molar-refractivity contribution in [1.82, 2.24) is 0 Å². The van der Waals surface area contributed by atoms with E-state index >= 15 is 0 Å². The van der Waals surface area contributed by atoms with Crippen molar-refractivity contribution in [3.05, 3.63) is 60.8 Å². The van der Waals surface area contributed by atoms with E-state index in [2.05, 4.69) is 81.5 Å². The molecule has 0 bridgehead atoms. The third-order valence-corrected chi connectivity index (χ3v) is 16.3. The summed E-state index contributed by atoms with van der Waals surface area (Å²) in [6, 6.07) is 0. The molecule has 0 radical (unpaired) electrons. The standard InChI is InChI=1S/C76H138O6/c1-4-7-10-13-16-19-22-25-27-29-30-31-32-33-34-35-36-37-38-39-40-41-42-43-44-45-47-48-51-54-57-60-63-66-69-75(78)81-72-73(71-80-74(77)68-65-62-59-56-53-50-24-21-18-15-12-9-6-3)82-76(79)70-67-64-61-58-55-52-49-46-28-26-23-20-17-14-11-8-5-2/h9,12,17-18,20-21,26,28,50,53,73H,4-8,10-11,13-16,19,22-25,27,29-49,51-52,54-72H2,1-3H3/b12-9-,20-17-,21-18-,28-26-,53-50-. The third-order valence-electron chi connectivity index (χ3n) is 16.3. The highest BCUT2D eigenvalue weighted by molar-refractivity contribution is 5.71. The van der Waals surface area contributed by atoms with E-state index in [-0.39, 0.29) is 31.1 Å². The third kappa shape index (κ3) is 67.9. The summed E-state index contributed by atoms with van der Waals surface area (Å²) < 4.78 is 16.9. The molecule has 1 unspecified atom stereocenters. The molecule has 0 aromatic heterocycles. The lowest BCUT2D eigenvalue weighted by molar-refractivity contribution is -0.167. The van der Waals surface area contributed by atoms with Crippen LogP contribution in [0.25, 0.3) is 0 Å². The van der Waals surface area contributed by atoms with Gasteiger partial charge in [0.25, 0.3) is 0 Å². The second kappa shape index (κ2) is 70.6. The van der Waals surface area contributed by atoms with Crippen LogP contribution in [0, 0.1) is 0 Å². The van der Waals surface area contributed by atoms with Gasteiger partial charge in [-0.25, -0.2) is 0 Å². The van der Waals surface area contributed by atoms with Gasteiger partial charge in [-0.05, 0) is 83.5 Å². The van der Waals surface area contributed by atoms with E-state index in [1.54, 1.807) is 0 Å². The summed E-state index contributed by atoms with van der Waals surface area (Å²) in [7, 11) is 0. The number of hydrogen-bond donors (Lipinski definition) is 0. The molecule has 0 spiro atoms. The first-order valence-corrected chi connectivity index (χ1v) is 36.3. The predicted octanol–water partition coefficient (Wildman–Crippen LogP) is 25.1. The maximum absolute atomic E-state index is 12.9. The molecule has 0 heterocycles. The fraction of sp³-hybridized carbons (Fsp3) is 0.829. The van der Waals surface area contributed by atoms with Crippen molar-refractivity contribution in [3.8, 4) is 0 Å². The molecular formula is C76H138O6. The van der Waals surface area contributed by atoms with Crippen molar-refractivity contribution in [1.29, 1.82) is 0 Å². The molecule has 0 aliphatic carbocycles. The molecule has 82 heavy (non-hydrogen) atoms. The topological polar surface area (TPSA) is 78.9 Å². The van der Waals surface area contributed by atoms with E-state index in [4.69, 9.17) is 14.2 Å². The van der Waals surface area contributed by atoms with Crippen LogP contribution in [0.15, 0.2) is 60.8 Å². The summed E-state index contributed by atoms with van der Waals surface area (Å²) in [6.07, 6.45) is 91.4. The number of hydrogen-bond acceptors (Lipinski definition) is 6. The van der Waals surface area contributed by atoms with Gasteiger partial charge in [0.1, 0.15) is 13.2 Å². The molecule has 6 heteroatoms. The van der Waals surface area contributed by atoms with E-state index in [9.17, 15) is 14.4 Å². The Morgan fingerprint density at radius 2 is 0.476 bits per heavy atom. The number of unbranched alkanes of at least 4 members (excludes halogenated alkanes) is 46. The van der Waals surface area contributed by atoms with Gasteiger partial charge < -0.3 is 14.2 Å². The first-order chi connectivity index (χ1) is 40.5. The van der Waals surface area contributed by atoms with Gasteiger partial charge in [-0.3, -0.25) is 14.4 Å². The Bertz CT molecular complexity index is 1460. The SMILES string of the molecule is CC/C=C\C/C=C\C/C=C\CCCCCC(=O)OCC(COC(=O)CCCCCCCCCCCCCCCCCCCCCCCCCCCCCCCCCCCC)OC(=O)CCCCCCCCC/C=C\C/C=C\CCCCC. The zero-order valence-corrected chi connectivity index (χ0v) is 55.0. The summed E-state index contributed by atoms with van der Waals surface area (Å²) in [4.78, 5) is 38.3. The number of allylic oxidation sites excluding steroid dienone is 10. The van der Waals surface area contributed by atoms with Gasteiger partial charge in [0.05, 0.1) is 0 Å². The highest BCUT2D eigenvalue weighted by Gasteiger charge is 2.19. The van der Waals surface area contributed by atoms with Crippen LogP contribution in [0.5, 0.6) is 0 Å². The molecule has 0 saturated carbocycles. The number of ether oxygens (including phenoxy) is 3. The number of rotatable bonds is 67. The molecule has 0 amide bonds. The van der Waals surface area contributed by atoms with Crippen molar-refractivity contribution in [3.63, 3.8) is 0 Å². The normalized spacial score (nSPS) is 12.4. The Balaban J connectivity index is 4.10. The average Bonchev–Trinajstić information content (AvgIpc) is 3.47. The van der Waals surface area contributed by atoms with Crippen LogP contribution in [-0.2, 0) is 28.6 Å². The van der Waals surface area contributed by atoms with Crippen LogP contribution >= 0.6 is 0 Å². The lowest BCUT2D eigenvalue weighted by Gasteiger charge is -2.18. The van der Waals surface area contributed by atoms with Gasteiger partial charge in [0.2, 0.25) is 0 Å². The molecular weight excluding hydrogens is 1010 g/mol. The minimum Gasteiger partial charge on any atom is -0.462 e. The first kappa shape index (κ1) is 79.1. The summed E-state index contributed by atoms with van der Waals surface area (Å²) in [5.74, 6) is -0.903. The zero-order valence-electron chi connectivity index (χ0n) is 55.0. The summed E-state index contributed by atoms with van der Waals surface area (Å²) in [5, 5.41) is 0. The number of esters is 3. The average molecular weight is 1150 g/mol. The van der Waals surface area contributed by atoms with E-state index in [1.165, 1.54) is 250 Å². The Kier molecular flexibility index (Phi) is 68.1. The molecule has 478 valence electrons. The molecule has 0 rings (SSSR count). The fourth-order valence-electron chi connectivity index (χ4n) is 10.8. The van der Waals surface area contributed by atoms with Gasteiger partial charge in [-0.2, -0.15) is 0 Å². The maximum atomic E-state index is 12.9. The van der Waals surface area contributed by atoms with Gasteiger partial charge in [-0.1, -0.05) is 345 Å². The van der Waals surface area contributed by atoms with Crippen LogP contribution in [0.3, 0.4) is 0 Å².